The van der Waals surface area contributed by atoms with Gasteiger partial charge in [-0.1, -0.05) is 6.92 Å². The predicted molar refractivity (Wildman–Crippen MR) is 55.4 cm³/mol. The number of hydrogen-bond donors (Lipinski definition) is 1. The number of rotatable bonds is 3. The summed E-state index contributed by atoms with van der Waals surface area (Å²) in [4.78, 5) is 4.10. The lowest BCUT2D eigenvalue weighted by molar-refractivity contribution is 0.205. The van der Waals surface area contributed by atoms with Gasteiger partial charge in [-0.2, -0.15) is 0 Å². The van der Waals surface area contributed by atoms with Crippen molar-refractivity contribution in [2.45, 2.75) is 19.4 Å². The molecule has 1 atom stereocenters. The summed E-state index contributed by atoms with van der Waals surface area (Å²) in [7, 11) is 1.85. The summed E-state index contributed by atoms with van der Waals surface area (Å²) in [5.41, 5.74) is 0.751. The summed E-state index contributed by atoms with van der Waals surface area (Å²) in [6.45, 7) is 2.01. The lowest BCUT2D eigenvalue weighted by atomic mass is 10.1. The van der Waals surface area contributed by atoms with Crippen LogP contribution >= 0.6 is 0 Å². The van der Waals surface area contributed by atoms with Crippen LogP contribution in [-0.4, -0.2) is 14.7 Å². The fraction of sp³-hybridized carbons (Fsp3) is 0.364. The highest BCUT2D eigenvalue weighted by Gasteiger charge is 2.16. The van der Waals surface area contributed by atoms with E-state index in [0.717, 1.165) is 17.7 Å². The van der Waals surface area contributed by atoms with Crippen LogP contribution in [0.2, 0.25) is 0 Å². The Bertz CT molecular complexity index is 445. The van der Waals surface area contributed by atoms with Crippen molar-refractivity contribution < 1.29 is 9.52 Å². The number of imidazole rings is 1. The maximum atomic E-state index is 10.0. The van der Waals surface area contributed by atoms with Gasteiger partial charge in [0.05, 0.1) is 6.26 Å². The van der Waals surface area contributed by atoms with Crippen LogP contribution in [0.4, 0.5) is 0 Å². The highest BCUT2D eigenvalue weighted by molar-refractivity contribution is 5.21. The molecule has 0 aliphatic rings. The molecule has 1 unspecified atom stereocenters. The van der Waals surface area contributed by atoms with Crippen molar-refractivity contribution in [3.05, 3.63) is 41.9 Å². The van der Waals surface area contributed by atoms with Crippen molar-refractivity contribution in [3.63, 3.8) is 0 Å². The van der Waals surface area contributed by atoms with Gasteiger partial charge in [0.2, 0.25) is 0 Å². The van der Waals surface area contributed by atoms with E-state index in [4.69, 9.17) is 4.42 Å². The number of aliphatic hydroxyl groups excluding tert-OH is 1. The van der Waals surface area contributed by atoms with Gasteiger partial charge in [0, 0.05) is 31.4 Å². The van der Waals surface area contributed by atoms with Gasteiger partial charge in [-0.15, -0.1) is 0 Å². The molecule has 4 heteroatoms. The Labute approximate surface area is 88.2 Å². The third kappa shape index (κ3) is 1.80. The van der Waals surface area contributed by atoms with Crippen LogP contribution in [-0.2, 0) is 13.5 Å². The van der Waals surface area contributed by atoms with E-state index in [9.17, 15) is 5.11 Å². The number of aromatic nitrogens is 2. The monoisotopic (exact) mass is 206 g/mol. The average Bonchev–Trinajstić information content (AvgIpc) is 2.84. The molecule has 1 N–H and O–H groups in total. The molecule has 0 aliphatic carbocycles. The van der Waals surface area contributed by atoms with Crippen molar-refractivity contribution in [2.75, 3.05) is 0 Å². The molecule has 0 saturated carbocycles. The number of aliphatic hydroxyl groups is 1. The first-order valence-electron chi connectivity index (χ1n) is 4.95. The van der Waals surface area contributed by atoms with Crippen LogP contribution in [0.5, 0.6) is 0 Å². The van der Waals surface area contributed by atoms with E-state index in [1.807, 2.05) is 20.0 Å². The molecule has 15 heavy (non-hydrogen) atoms. The largest absolute Gasteiger partial charge is 0.469 e. The second-order valence-corrected chi connectivity index (χ2v) is 3.50. The molecule has 80 valence electrons. The van der Waals surface area contributed by atoms with Gasteiger partial charge >= 0.3 is 0 Å². The average molecular weight is 206 g/mol. The number of hydrogen-bond acceptors (Lipinski definition) is 3. The molecule has 0 aliphatic heterocycles. The number of aryl methyl sites for hydroxylation is 2. The van der Waals surface area contributed by atoms with Crippen LogP contribution in [0, 0.1) is 0 Å². The summed E-state index contributed by atoms with van der Waals surface area (Å²) in [5.74, 6) is 1.50. The van der Waals surface area contributed by atoms with Crippen molar-refractivity contribution in [3.8, 4) is 0 Å². The quantitative estimate of drug-likeness (QED) is 0.830. The fourth-order valence-electron chi connectivity index (χ4n) is 1.52. The minimum Gasteiger partial charge on any atom is -0.469 e. The van der Waals surface area contributed by atoms with E-state index >= 15 is 0 Å². The van der Waals surface area contributed by atoms with Gasteiger partial charge in [0.15, 0.2) is 0 Å². The zero-order valence-electron chi connectivity index (χ0n) is 8.84. The zero-order chi connectivity index (χ0) is 10.8. The Kier molecular flexibility index (Phi) is 2.60. The minimum atomic E-state index is -0.714. The first-order valence-corrected chi connectivity index (χ1v) is 4.95. The normalized spacial score (nSPS) is 13.0. The molecule has 4 nitrogen and oxygen atoms in total. The first-order chi connectivity index (χ1) is 7.22. The first kappa shape index (κ1) is 9.98. The van der Waals surface area contributed by atoms with Gasteiger partial charge in [0.1, 0.15) is 17.7 Å². The molecule has 0 fully saturated rings. The molecular weight excluding hydrogens is 192 g/mol. The zero-order valence-corrected chi connectivity index (χ0v) is 8.84. The maximum Gasteiger partial charge on any atom is 0.142 e. The van der Waals surface area contributed by atoms with E-state index in [2.05, 4.69) is 4.98 Å². The van der Waals surface area contributed by atoms with Crippen LogP contribution < -0.4 is 0 Å². The summed E-state index contributed by atoms with van der Waals surface area (Å²) in [6, 6.07) is 1.86. The molecule has 2 aromatic rings. The molecule has 0 aromatic carbocycles. The van der Waals surface area contributed by atoms with Gasteiger partial charge in [0.25, 0.3) is 0 Å². The van der Waals surface area contributed by atoms with E-state index < -0.39 is 6.10 Å². The lowest BCUT2D eigenvalue weighted by Gasteiger charge is -2.07. The highest BCUT2D eigenvalue weighted by atomic mass is 16.3. The Morgan fingerprint density at radius 3 is 2.93 bits per heavy atom. The molecular formula is C11H14N2O2. The Morgan fingerprint density at radius 1 is 1.60 bits per heavy atom. The molecule has 2 aromatic heterocycles. The van der Waals surface area contributed by atoms with Crippen molar-refractivity contribution in [1.82, 2.24) is 9.55 Å². The van der Waals surface area contributed by atoms with Gasteiger partial charge in [-0.3, -0.25) is 0 Å². The molecule has 0 spiro atoms. The summed E-state index contributed by atoms with van der Waals surface area (Å²) in [5, 5.41) is 10.0. The topological polar surface area (TPSA) is 51.2 Å². The molecule has 0 amide bonds. The summed E-state index contributed by atoms with van der Waals surface area (Å²) < 4.78 is 7.07. The smallest absolute Gasteiger partial charge is 0.142 e. The van der Waals surface area contributed by atoms with E-state index in [1.165, 1.54) is 0 Å². The number of nitrogens with zero attached hydrogens (tertiary/aromatic N) is 2. The second kappa shape index (κ2) is 3.90. The molecule has 0 bridgehead atoms. The van der Waals surface area contributed by atoms with Gasteiger partial charge in [-0.05, 0) is 6.07 Å². The molecule has 0 saturated heterocycles. The summed E-state index contributed by atoms with van der Waals surface area (Å²) >= 11 is 0. The Balaban J connectivity index is 2.28. The van der Waals surface area contributed by atoms with Crippen molar-refractivity contribution in [2.24, 2.45) is 7.05 Å². The van der Waals surface area contributed by atoms with Crippen LogP contribution in [0.1, 0.15) is 30.2 Å². The van der Waals surface area contributed by atoms with E-state index in [-0.39, 0.29) is 0 Å². The Morgan fingerprint density at radius 2 is 2.40 bits per heavy atom. The third-order valence-corrected chi connectivity index (χ3v) is 2.44. The highest BCUT2D eigenvalue weighted by Crippen LogP contribution is 2.22. The molecule has 0 radical (unpaired) electrons. The number of furan rings is 1. The van der Waals surface area contributed by atoms with E-state index in [0.29, 0.717) is 5.82 Å². The lowest BCUT2D eigenvalue weighted by Crippen LogP contribution is -2.05. The van der Waals surface area contributed by atoms with Gasteiger partial charge < -0.3 is 14.1 Å². The standard InChI is InChI=1S/C11H14N2O2/c1-3-9-6-8(7-15-9)10(14)11-12-4-5-13(11)2/h4-7,10,14H,3H2,1-2H3. The van der Waals surface area contributed by atoms with Crippen LogP contribution in [0.3, 0.4) is 0 Å². The van der Waals surface area contributed by atoms with Crippen molar-refractivity contribution >= 4 is 0 Å². The predicted octanol–water partition coefficient (Wildman–Crippen LogP) is 1.66. The maximum absolute atomic E-state index is 10.0. The molecule has 2 rings (SSSR count). The van der Waals surface area contributed by atoms with Crippen LogP contribution in [0.25, 0.3) is 0 Å². The van der Waals surface area contributed by atoms with Crippen molar-refractivity contribution in [1.29, 1.82) is 0 Å². The molecule has 2 heterocycles. The SMILES string of the molecule is CCc1cc(C(O)c2nccn2C)co1. The minimum absolute atomic E-state index is 0.624. The Hall–Kier alpha value is -1.55. The summed E-state index contributed by atoms with van der Waals surface area (Å²) in [6.07, 6.45) is 5.17. The van der Waals surface area contributed by atoms with E-state index in [1.54, 1.807) is 23.2 Å². The third-order valence-electron chi connectivity index (χ3n) is 2.44. The second-order valence-electron chi connectivity index (χ2n) is 3.50. The fourth-order valence-corrected chi connectivity index (χ4v) is 1.52. The van der Waals surface area contributed by atoms with Gasteiger partial charge in [-0.25, -0.2) is 4.98 Å². The van der Waals surface area contributed by atoms with Crippen LogP contribution in [0.15, 0.2) is 29.1 Å².